The second kappa shape index (κ2) is 8.71. The van der Waals surface area contributed by atoms with Crippen molar-refractivity contribution in [2.75, 3.05) is 20.3 Å². The van der Waals surface area contributed by atoms with E-state index in [1.165, 1.54) is 25.3 Å². The van der Waals surface area contributed by atoms with Crippen molar-refractivity contribution in [1.29, 1.82) is 0 Å². The highest BCUT2D eigenvalue weighted by molar-refractivity contribution is 6.55. The van der Waals surface area contributed by atoms with Crippen molar-refractivity contribution < 1.29 is 27.6 Å². The van der Waals surface area contributed by atoms with E-state index in [2.05, 4.69) is 0 Å². The van der Waals surface area contributed by atoms with E-state index in [-0.39, 0.29) is 12.0 Å². The second-order valence-electron chi connectivity index (χ2n) is 7.62. The third-order valence-corrected chi connectivity index (χ3v) is 5.08. The van der Waals surface area contributed by atoms with Crippen LogP contribution in [-0.4, -0.2) is 38.6 Å². The van der Waals surface area contributed by atoms with Crippen LogP contribution in [0.1, 0.15) is 53.0 Å². The van der Waals surface area contributed by atoms with E-state index in [1.54, 1.807) is 0 Å². The maximum atomic E-state index is 15.5. The van der Waals surface area contributed by atoms with Crippen LogP contribution in [0.2, 0.25) is 0 Å². The molecule has 0 saturated carbocycles. The summed E-state index contributed by atoms with van der Waals surface area (Å²) in [4.78, 5) is 0. The van der Waals surface area contributed by atoms with E-state index in [0.717, 1.165) is 6.42 Å². The summed E-state index contributed by atoms with van der Waals surface area (Å²) >= 11 is 0. The van der Waals surface area contributed by atoms with Crippen LogP contribution in [0.15, 0.2) is 23.9 Å². The third-order valence-electron chi connectivity index (χ3n) is 5.08. The molecule has 1 saturated heterocycles. The Balaban J connectivity index is 2.43. The van der Waals surface area contributed by atoms with Crippen molar-refractivity contribution >= 4 is 12.7 Å². The fourth-order valence-electron chi connectivity index (χ4n) is 2.81. The summed E-state index contributed by atoms with van der Waals surface area (Å²) in [7, 11) is 0.304. The van der Waals surface area contributed by atoms with E-state index < -0.39 is 29.9 Å². The summed E-state index contributed by atoms with van der Waals surface area (Å²) in [5.41, 5.74) is -1.33. The fraction of sp³-hybridized carbons (Fsp3) is 0.600. The summed E-state index contributed by atoms with van der Waals surface area (Å²) in [6.07, 6.45) is 1.11. The summed E-state index contributed by atoms with van der Waals surface area (Å²) < 4.78 is 51.9. The van der Waals surface area contributed by atoms with Crippen molar-refractivity contribution in [3.05, 3.63) is 35.3 Å². The highest BCUT2D eigenvalue weighted by atomic mass is 19.1. The molecule has 1 heterocycles. The maximum Gasteiger partial charge on any atom is 0.525 e. The first kappa shape index (κ1) is 21.9. The molecule has 1 aromatic carbocycles. The molecule has 0 aliphatic carbocycles. The lowest BCUT2D eigenvalue weighted by molar-refractivity contribution is 0.00578. The Labute approximate surface area is 161 Å². The molecule has 2 rings (SSSR count). The first-order chi connectivity index (χ1) is 12.6. The number of hydrogen-bond acceptors (Lipinski definition) is 4. The molecule has 0 radical (unpaired) electrons. The van der Waals surface area contributed by atoms with E-state index in [9.17, 15) is 4.39 Å². The average Bonchev–Trinajstić information content (AvgIpc) is 2.82. The summed E-state index contributed by atoms with van der Waals surface area (Å²) in [6.45, 7) is 10.3. The van der Waals surface area contributed by atoms with Crippen LogP contribution in [0.5, 0.6) is 5.75 Å². The molecule has 150 valence electrons. The molecule has 1 aromatic rings. The zero-order chi connectivity index (χ0) is 20.2. The van der Waals surface area contributed by atoms with Gasteiger partial charge in [0.25, 0.3) is 0 Å². The zero-order valence-electron chi connectivity index (χ0n) is 17.0. The Morgan fingerprint density at radius 1 is 1.11 bits per heavy atom. The molecule has 0 amide bonds. The Bertz CT molecular complexity index is 673. The molecule has 0 bridgehead atoms. The number of rotatable bonds is 8. The van der Waals surface area contributed by atoms with Crippen LogP contribution < -0.4 is 4.74 Å². The predicted molar refractivity (Wildman–Crippen MR) is 103 cm³/mol. The molecule has 0 aromatic heterocycles. The molecule has 1 aliphatic rings. The van der Waals surface area contributed by atoms with Gasteiger partial charge in [-0.3, -0.25) is 0 Å². The van der Waals surface area contributed by atoms with Gasteiger partial charge in [-0.25, -0.2) is 8.78 Å². The number of hydrogen-bond donors (Lipinski definition) is 0. The van der Waals surface area contributed by atoms with Gasteiger partial charge < -0.3 is 18.8 Å². The largest absolute Gasteiger partial charge is 0.525 e. The minimum absolute atomic E-state index is 0.246. The molecule has 0 N–H and O–H groups in total. The van der Waals surface area contributed by atoms with Crippen LogP contribution in [0.4, 0.5) is 8.78 Å². The molecular weight excluding hydrogens is 353 g/mol. The average molecular weight is 382 g/mol. The summed E-state index contributed by atoms with van der Waals surface area (Å²) in [6, 6.07) is 4.02. The van der Waals surface area contributed by atoms with Crippen LogP contribution in [0, 0.1) is 5.82 Å². The first-order valence-corrected chi connectivity index (χ1v) is 9.28. The van der Waals surface area contributed by atoms with Gasteiger partial charge in [0, 0.05) is 12.2 Å². The smallest absolute Gasteiger partial charge is 0.496 e. The molecule has 0 atom stereocenters. The highest BCUT2D eigenvalue weighted by Gasteiger charge is 2.53. The summed E-state index contributed by atoms with van der Waals surface area (Å²) in [5.74, 6) is -0.0898. The van der Waals surface area contributed by atoms with Gasteiger partial charge in [0.05, 0.1) is 24.9 Å². The fourth-order valence-corrected chi connectivity index (χ4v) is 2.81. The second-order valence-corrected chi connectivity index (χ2v) is 7.62. The minimum Gasteiger partial charge on any atom is -0.496 e. The topological polar surface area (TPSA) is 36.9 Å². The number of methoxy groups -OCH3 is 1. The van der Waals surface area contributed by atoms with E-state index in [4.69, 9.17) is 18.8 Å². The number of halogens is 2. The monoisotopic (exact) mass is 382 g/mol. The Kier molecular flexibility index (Phi) is 7.06. The van der Waals surface area contributed by atoms with Gasteiger partial charge in [-0.15, -0.1) is 0 Å². The van der Waals surface area contributed by atoms with Crippen molar-refractivity contribution in [3.8, 4) is 5.75 Å². The third kappa shape index (κ3) is 4.89. The van der Waals surface area contributed by atoms with Gasteiger partial charge in [0.15, 0.2) is 0 Å². The normalized spacial score (nSPS) is 19.2. The SMILES string of the molecule is CCCOCCC(=C(F)B1OC(C)(C)C(C)(C)O1)c1cc(F)ccc1OC. The molecule has 7 heteroatoms. The van der Waals surface area contributed by atoms with Gasteiger partial charge in [0.1, 0.15) is 17.3 Å². The Morgan fingerprint density at radius 3 is 2.30 bits per heavy atom. The first-order valence-electron chi connectivity index (χ1n) is 9.28. The van der Waals surface area contributed by atoms with Crippen LogP contribution in [0.25, 0.3) is 5.57 Å². The lowest BCUT2D eigenvalue weighted by Gasteiger charge is -2.32. The van der Waals surface area contributed by atoms with Crippen LogP contribution in [-0.2, 0) is 14.0 Å². The van der Waals surface area contributed by atoms with E-state index in [1.807, 2.05) is 34.6 Å². The van der Waals surface area contributed by atoms with Crippen molar-refractivity contribution in [2.45, 2.75) is 58.7 Å². The Hall–Kier alpha value is -1.44. The molecule has 4 nitrogen and oxygen atoms in total. The zero-order valence-corrected chi connectivity index (χ0v) is 17.0. The molecular formula is C20H29BF2O4. The van der Waals surface area contributed by atoms with Crippen LogP contribution >= 0.6 is 0 Å². The van der Waals surface area contributed by atoms with Gasteiger partial charge >= 0.3 is 7.12 Å². The van der Waals surface area contributed by atoms with Crippen molar-refractivity contribution in [3.63, 3.8) is 0 Å². The maximum absolute atomic E-state index is 15.5. The lowest BCUT2D eigenvalue weighted by atomic mass is 9.81. The van der Waals surface area contributed by atoms with Gasteiger partial charge in [-0.05, 0) is 64.3 Å². The molecule has 1 fully saturated rings. The van der Waals surface area contributed by atoms with Gasteiger partial charge in [-0.2, -0.15) is 0 Å². The van der Waals surface area contributed by atoms with Crippen molar-refractivity contribution in [1.82, 2.24) is 0 Å². The number of benzene rings is 1. The quantitative estimate of drug-likeness (QED) is 0.470. The Morgan fingerprint density at radius 2 is 1.74 bits per heavy atom. The van der Waals surface area contributed by atoms with E-state index in [0.29, 0.717) is 24.5 Å². The molecule has 1 aliphatic heterocycles. The molecule has 0 spiro atoms. The predicted octanol–water partition coefficient (Wildman–Crippen LogP) is 4.96. The summed E-state index contributed by atoms with van der Waals surface area (Å²) in [5, 5.41) is 0. The minimum atomic E-state index is -1.16. The molecule has 0 unspecified atom stereocenters. The standard InChI is InChI=1S/C20H29BF2O4/c1-7-11-25-12-10-15(16-13-14(22)8-9-17(16)24-6)18(23)21-26-19(2,3)20(4,5)27-21/h8-9,13H,7,10-12H2,1-6H3. The lowest BCUT2D eigenvalue weighted by Crippen LogP contribution is -2.41. The van der Waals surface area contributed by atoms with Crippen LogP contribution in [0.3, 0.4) is 0 Å². The highest BCUT2D eigenvalue weighted by Crippen LogP contribution is 2.41. The number of ether oxygens (including phenoxy) is 2. The van der Waals surface area contributed by atoms with Crippen molar-refractivity contribution in [2.24, 2.45) is 0 Å². The molecule has 27 heavy (non-hydrogen) atoms. The van der Waals surface area contributed by atoms with E-state index >= 15 is 4.39 Å². The van der Waals surface area contributed by atoms with Gasteiger partial charge in [0.2, 0.25) is 0 Å². The van der Waals surface area contributed by atoms with Gasteiger partial charge in [-0.1, -0.05) is 6.92 Å².